The quantitative estimate of drug-likeness (QED) is 0.163. The van der Waals surface area contributed by atoms with Crippen LogP contribution >= 0.6 is 0 Å². The summed E-state index contributed by atoms with van der Waals surface area (Å²) in [7, 11) is 6.08. The Balaban J connectivity index is 0. The van der Waals surface area contributed by atoms with Crippen molar-refractivity contribution in [2.45, 2.75) is 0 Å². The van der Waals surface area contributed by atoms with Crippen LogP contribution < -0.4 is 12.4 Å². The van der Waals surface area contributed by atoms with Crippen LogP contribution in [0.4, 0.5) is 0 Å². The van der Waals surface area contributed by atoms with Crippen molar-refractivity contribution in [2.75, 3.05) is 34.3 Å². The fourth-order valence-corrected chi connectivity index (χ4v) is 0.445. The number of carbonyl (C=O) groups is 1. The SMILES string of the molecule is C=CC(=O)OOCC[N+](C)(C)C.[Cl-]. The molecule has 0 aromatic heterocycles. The molecule has 0 bridgehead atoms. The predicted molar refractivity (Wildman–Crippen MR) is 45.1 cm³/mol. The van der Waals surface area contributed by atoms with E-state index in [9.17, 15) is 4.79 Å². The summed E-state index contributed by atoms with van der Waals surface area (Å²) >= 11 is 0. The summed E-state index contributed by atoms with van der Waals surface area (Å²) in [5.41, 5.74) is 0. The summed E-state index contributed by atoms with van der Waals surface area (Å²) in [5, 5.41) is 0. The Morgan fingerprint density at radius 1 is 1.46 bits per heavy atom. The molecule has 78 valence electrons. The molecule has 0 aromatic rings. The molecule has 0 aromatic carbocycles. The van der Waals surface area contributed by atoms with Crippen molar-refractivity contribution >= 4 is 5.97 Å². The van der Waals surface area contributed by atoms with Gasteiger partial charge in [-0.25, -0.2) is 4.79 Å². The molecule has 0 unspecified atom stereocenters. The van der Waals surface area contributed by atoms with E-state index in [1.165, 1.54) is 0 Å². The van der Waals surface area contributed by atoms with Gasteiger partial charge in [0.2, 0.25) is 0 Å². The highest BCUT2D eigenvalue weighted by atomic mass is 35.5. The van der Waals surface area contributed by atoms with Crippen LogP contribution in [-0.2, 0) is 14.6 Å². The van der Waals surface area contributed by atoms with E-state index in [2.05, 4.69) is 16.4 Å². The molecule has 0 saturated carbocycles. The van der Waals surface area contributed by atoms with Gasteiger partial charge in [-0.3, -0.25) is 4.89 Å². The first-order valence-electron chi connectivity index (χ1n) is 3.72. The van der Waals surface area contributed by atoms with Crippen molar-refractivity contribution in [1.29, 1.82) is 0 Å². The normalized spacial score (nSPS) is 10.1. The van der Waals surface area contributed by atoms with Crippen molar-refractivity contribution in [1.82, 2.24) is 0 Å². The van der Waals surface area contributed by atoms with Crippen molar-refractivity contribution in [3.05, 3.63) is 12.7 Å². The molecule has 0 atom stereocenters. The van der Waals surface area contributed by atoms with E-state index >= 15 is 0 Å². The molecule has 0 rings (SSSR count). The van der Waals surface area contributed by atoms with Gasteiger partial charge in [-0.2, -0.15) is 4.89 Å². The van der Waals surface area contributed by atoms with Gasteiger partial charge in [0, 0.05) is 6.08 Å². The Morgan fingerprint density at radius 3 is 2.38 bits per heavy atom. The minimum absolute atomic E-state index is 0. The molecular weight excluding hydrogens is 194 g/mol. The van der Waals surface area contributed by atoms with Crippen LogP contribution in [0.3, 0.4) is 0 Å². The fourth-order valence-electron chi connectivity index (χ4n) is 0.445. The molecule has 5 heteroatoms. The van der Waals surface area contributed by atoms with Crippen LogP contribution in [0, 0.1) is 0 Å². The van der Waals surface area contributed by atoms with E-state index in [0.29, 0.717) is 6.61 Å². The molecule has 13 heavy (non-hydrogen) atoms. The first-order chi connectivity index (χ1) is 5.45. The number of rotatable bonds is 5. The average molecular weight is 210 g/mol. The van der Waals surface area contributed by atoms with Crippen LogP contribution in [0.15, 0.2) is 12.7 Å². The van der Waals surface area contributed by atoms with E-state index in [4.69, 9.17) is 0 Å². The zero-order chi connectivity index (χ0) is 9.61. The van der Waals surface area contributed by atoms with Crippen molar-refractivity contribution in [2.24, 2.45) is 0 Å². The molecule has 0 spiro atoms. The molecular formula is C8H16ClNO3. The van der Waals surface area contributed by atoms with E-state index in [-0.39, 0.29) is 12.4 Å². The van der Waals surface area contributed by atoms with E-state index in [1.807, 2.05) is 21.1 Å². The van der Waals surface area contributed by atoms with Crippen LogP contribution in [0.2, 0.25) is 0 Å². The molecule has 0 amide bonds. The summed E-state index contributed by atoms with van der Waals surface area (Å²) in [6.07, 6.45) is 1.06. The first-order valence-corrected chi connectivity index (χ1v) is 3.72. The molecule has 0 fully saturated rings. The summed E-state index contributed by atoms with van der Waals surface area (Å²) in [4.78, 5) is 19.4. The van der Waals surface area contributed by atoms with Gasteiger partial charge in [0.25, 0.3) is 0 Å². The number of quaternary nitrogens is 1. The maximum atomic E-state index is 10.5. The van der Waals surface area contributed by atoms with Gasteiger partial charge in [0.1, 0.15) is 13.2 Å². The second-order valence-corrected chi connectivity index (χ2v) is 3.44. The molecule has 0 aliphatic carbocycles. The second kappa shape index (κ2) is 6.88. The Morgan fingerprint density at radius 2 is 2.00 bits per heavy atom. The van der Waals surface area contributed by atoms with Gasteiger partial charge in [-0.05, 0) is 0 Å². The van der Waals surface area contributed by atoms with Crippen LogP contribution in [0.25, 0.3) is 0 Å². The summed E-state index contributed by atoms with van der Waals surface area (Å²) < 4.78 is 0.769. The minimum Gasteiger partial charge on any atom is -1.00 e. The van der Waals surface area contributed by atoms with Crippen LogP contribution in [0.1, 0.15) is 0 Å². The Kier molecular flexibility index (Phi) is 7.90. The maximum Gasteiger partial charge on any atom is 0.365 e. The van der Waals surface area contributed by atoms with E-state index < -0.39 is 5.97 Å². The Bertz CT molecular complexity index is 165. The van der Waals surface area contributed by atoms with Gasteiger partial charge in [-0.1, -0.05) is 6.58 Å². The molecule has 0 aliphatic rings. The zero-order valence-electron chi connectivity index (χ0n) is 8.25. The molecule has 4 nitrogen and oxygen atoms in total. The lowest BCUT2D eigenvalue weighted by Crippen LogP contribution is -3.00. The summed E-state index contributed by atoms with van der Waals surface area (Å²) in [5.74, 6) is -0.559. The van der Waals surface area contributed by atoms with Crippen molar-refractivity contribution < 1.29 is 31.5 Å². The number of hydrogen-bond donors (Lipinski definition) is 0. The third kappa shape index (κ3) is 11.4. The fraction of sp³-hybridized carbons (Fsp3) is 0.625. The first kappa shape index (κ1) is 14.9. The molecule has 0 N–H and O–H groups in total. The van der Waals surface area contributed by atoms with Crippen molar-refractivity contribution in [3.8, 4) is 0 Å². The number of halogens is 1. The number of nitrogens with zero attached hydrogens (tertiary/aromatic N) is 1. The van der Waals surface area contributed by atoms with E-state index in [0.717, 1.165) is 17.1 Å². The monoisotopic (exact) mass is 209 g/mol. The van der Waals surface area contributed by atoms with Crippen LogP contribution in [-0.4, -0.2) is 44.7 Å². The maximum absolute atomic E-state index is 10.5. The average Bonchev–Trinajstić information content (AvgIpc) is 1.96. The Labute approximate surface area is 85.0 Å². The topological polar surface area (TPSA) is 35.5 Å². The molecule has 0 saturated heterocycles. The lowest BCUT2D eigenvalue weighted by molar-refractivity contribution is -0.871. The van der Waals surface area contributed by atoms with Gasteiger partial charge in [-0.15, -0.1) is 0 Å². The molecule has 0 aliphatic heterocycles. The number of carbonyl (C=O) groups excluding carboxylic acids is 1. The van der Waals surface area contributed by atoms with Gasteiger partial charge in [0.05, 0.1) is 21.1 Å². The molecule has 0 heterocycles. The summed E-state index contributed by atoms with van der Waals surface area (Å²) in [6, 6.07) is 0. The van der Waals surface area contributed by atoms with Gasteiger partial charge >= 0.3 is 5.97 Å². The van der Waals surface area contributed by atoms with Gasteiger partial charge in [0.15, 0.2) is 0 Å². The highest BCUT2D eigenvalue weighted by molar-refractivity contribution is 5.80. The second-order valence-electron chi connectivity index (χ2n) is 3.44. The minimum atomic E-state index is -0.559. The zero-order valence-corrected chi connectivity index (χ0v) is 9.00. The smallest absolute Gasteiger partial charge is 0.365 e. The van der Waals surface area contributed by atoms with E-state index in [1.54, 1.807) is 0 Å². The predicted octanol–water partition coefficient (Wildman–Crippen LogP) is -2.64. The van der Waals surface area contributed by atoms with Crippen LogP contribution in [0.5, 0.6) is 0 Å². The van der Waals surface area contributed by atoms with Crippen molar-refractivity contribution in [3.63, 3.8) is 0 Å². The van der Waals surface area contributed by atoms with Gasteiger partial charge < -0.3 is 16.9 Å². The number of hydrogen-bond acceptors (Lipinski definition) is 3. The highest BCUT2D eigenvalue weighted by Crippen LogP contribution is 1.90. The number of likely N-dealkylation sites (N-methyl/N-ethyl adjacent to an activating group) is 1. The third-order valence-electron chi connectivity index (χ3n) is 1.15. The lowest BCUT2D eigenvalue weighted by atomic mass is 10.5. The third-order valence-corrected chi connectivity index (χ3v) is 1.15. The standard InChI is InChI=1S/C8H16NO3.ClH/c1-5-8(10)12-11-7-6-9(2,3)4;/h5H,1,6-7H2,2-4H3;1H/q+1;/p-1. The summed E-state index contributed by atoms with van der Waals surface area (Å²) in [6.45, 7) is 4.40. The Hall–Kier alpha value is -0.580. The largest absolute Gasteiger partial charge is 1.00 e. The lowest BCUT2D eigenvalue weighted by Gasteiger charge is -2.22. The molecule has 0 radical (unpaired) electrons. The highest BCUT2D eigenvalue weighted by Gasteiger charge is 2.06.